The lowest BCUT2D eigenvalue weighted by molar-refractivity contribution is 0.0948. The van der Waals surface area contributed by atoms with Crippen LogP contribution in [0, 0.1) is 6.92 Å². The van der Waals surface area contributed by atoms with Gasteiger partial charge in [0.15, 0.2) is 5.69 Å². The molecule has 0 bridgehead atoms. The van der Waals surface area contributed by atoms with E-state index in [0.29, 0.717) is 18.8 Å². The predicted octanol–water partition coefficient (Wildman–Crippen LogP) is 1.52. The van der Waals surface area contributed by atoms with Crippen molar-refractivity contribution < 1.29 is 9.59 Å². The van der Waals surface area contributed by atoms with E-state index in [9.17, 15) is 9.59 Å². The van der Waals surface area contributed by atoms with Crippen LogP contribution in [0.5, 0.6) is 0 Å². The number of benzene rings is 1. The van der Waals surface area contributed by atoms with Crippen LogP contribution in [0.25, 0.3) is 5.69 Å². The van der Waals surface area contributed by atoms with Crippen LogP contribution in [-0.2, 0) is 0 Å². The van der Waals surface area contributed by atoms with E-state index >= 15 is 0 Å². The molecule has 7 nitrogen and oxygen atoms in total. The Hall–Kier alpha value is -2.70. The number of hydrogen-bond acceptors (Lipinski definition) is 4. The van der Waals surface area contributed by atoms with E-state index in [1.807, 2.05) is 30.3 Å². The summed E-state index contributed by atoms with van der Waals surface area (Å²) in [5.74, 6) is -0.517. The zero-order valence-corrected chi connectivity index (χ0v) is 12.3. The summed E-state index contributed by atoms with van der Waals surface area (Å²) in [6.45, 7) is 3.07. The van der Waals surface area contributed by atoms with Crippen LogP contribution >= 0.6 is 0 Å². The molecule has 1 saturated heterocycles. The summed E-state index contributed by atoms with van der Waals surface area (Å²) in [5, 5.41) is 10.8. The number of carbonyl (C=O) groups excluding carboxylic acids is 2. The highest BCUT2D eigenvalue weighted by atomic mass is 16.2. The van der Waals surface area contributed by atoms with Gasteiger partial charge in [0.25, 0.3) is 5.91 Å². The Bertz CT molecular complexity index is 689. The average Bonchev–Trinajstić information content (AvgIpc) is 3.17. The van der Waals surface area contributed by atoms with E-state index in [1.165, 1.54) is 4.80 Å². The topological polar surface area (TPSA) is 80.1 Å². The molecule has 2 heterocycles. The molecule has 0 unspecified atom stereocenters. The first-order valence-corrected chi connectivity index (χ1v) is 7.25. The molecule has 1 aliphatic rings. The fourth-order valence-electron chi connectivity index (χ4n) is 2.42. The van der Waals surface area contributed by atoms with E-state index in [0.717, 1.165) is 18.5 Å². The van der Waals surface area contributed by atoms with Gasteiger partial charge in [0.1, 0.15) is 0 Å². The third-order valence-electron chi connectivity index (χ3n) is 3.60. The maximum absolute atomic E-state index is 12.2. The van der Waals surface area contributed by atoms with E-state index in [1.54, 1.807) is 11.8 Å². The first-order valence-electron chi connectivity index (χ1n) is 7.25. The Kier molecular flexibility index (Phi) is 3.86. The normalized spacial score (nSPS) is 14.1. The standard InChI is InChI=1S/C15H17N5O2/c1-11-13(14(21)16-15(22)19-9-5-6-10-19)18-20(17-11)12-7-3-2-4-8-12/h2-4,7-8H,5-6,9-10H2,1H3,(H,16,21,22). The Morgan fingerprint density at radius 3 is 2.45 bits per heavy atom. The molecule has 0 radical (unpaired) electrons. The van der Waals surface area contributed by atoms with Gasteiger partial charge in [-0.15, -0.1) is 5.10 Å². The van der Waals surface area contributed by atoms with E-state index < -0.39 is 5.91 Å². The third-order valence-corrected chi connectivity index (χ3v) is 3.60. The smallest absolute Gasteiger partial charge is 0.324 e. The van der Waals surface area contributed by atoms with Crippen molar-refractivity contribution in [2.75, 3.05) is 13.1 Å². The van der Waals surface area contributed by atoms with Crippen molar-refractivity contribution in [1.82, 2.24) is 25.2 Å². The SMILES string of the molecule is Cc1nn(-c2ccccc2)nc1C(=O)NC(=O)N1CCCC1. The van der Waals surface area contributed by atoms with E-state index in [4.69, 9.17) is 0 Å². The molecular formula is C15H17N5O2. The second kappa shape index (κ2) is 5.97. The number of rotatable bonds is 2. The van der Waals surface area contributed by atoms with Crippen molar-refractivity contribution in [3.05, 3.63) is 41.7 Å². The lowest BCUT2D eigenvalue weighted by Gasteiger charge is -2.14. The quantitative estimate of drug-likeness (QED) is 0.911. The number of para-hydroxylation sites is 1. The second-order valence-corrected chi connectivity index (χ2v) is 5.21. The second-order valence-electron chi connectivity index (χ2n) is 5.21. The predicted molar refractivity (Wildman–Crippen MR) is 79.8 cm³/mol. The highest BCUT2D eigenvalue weighted by molar-refractivity contribution is 6.03. The van der Waals surface area contributed by atoms with Crippen molar-refractivity contribution in [3.63, 3.8) is 0 Å². The summed E-state index contributed by atoms with van der Waals surface area (Å²) < 4.78 is 0. The summed E-state index contributed by atoms with van der Waals surface area (Å²) in [4.78, 5) is 27.2. The highest BCUT2D eigenvalue weighted by Crippen LogP contribution is 2.10. The molecule has 1 aromatic carbocycles. The number of carbonyl (C=O) groups is 2. The van der Waals surface area contributed by atoms with Crippen molar-refractivity contribution in [2.24, 2.45) is 0 Å². The van der Waals surface area contributed by atoms with Gasteiger partial charge in [-0.05, 0) is 31.9 Å². The van der Waals surface area contributed by atoms with Crippen LogP contribution in [0.3, 0.4) is 0 Å². The summed E-state index contributed by atoms with van der Waals surface area (Å²) in [6.07, 6.45) is 1.95. The summed E-state index contributed by atoms with van der Waals surface area (Å²) in [6, 6.07) is 8.95. The molecule has 3 rings (SSSR count). The Labute approximate surface area is 127 Å². The summed E-state index contributed by atoms with van der Waals surface area (Å²) >= 11 is 0. The molecule has 22 heavy (non-hydrogen) atoms. The molecule has 1 fully saturated rings. The monoisotopic (exact) mass is 299 g/mol. The number of nitrogens with one attached hydrogen (secondary N) is 1. The van der Waals surface area contributed by atoms with Crippen LogP contribution in [0.1, 0.15) is 29.0 Å². The fourth-order valence-corrected chi connectivity index (χ4v) is 2.42. The van der Waals surface area contributed by atoms with Gasteiger partial charge in [-0.3, -0.25) is 10.1 Å². The molecule has 0 aliphatic carbocycles. The molecule has 1 aliphatic heterocycles. The van der Waals surface area contributed by atoms with Crippen LogP contribution in [-0.4, -0.2) is 44.9 Å². The van der Waals surface area contributed by atoms with Gasteiger partial charge in [0, 0.05) is 13.1 Å². The molecule has 114 valence electrons. The minimum atomic E-state index is -0.517. The van der Waals surface area contributed by atoms with Crippen LogP contribution < -0.4 is 5.32 Å². The number of imide groups is 1. The first-order chi connectivity index (χ1) is 10.6. The first kappa shape index (κ1) is 14.2. The third kappa shape index (κ3) is 2.83. The molecule has 1 N–H and O–H groups in total. The molecule has 0 spiro atoms. The molecule has 3 amide bonds. The van der Waals surface area contributed by atoms with Gasteiger partial charge in [-0.1, -0.05) is 18.2 Å². The fraction of sp³-hybridized carbons (Fsp3) is 0.333. The van der Waals surface area contributed by atoms with Crippen molar-refractivity contribution in [2.45, 2.75) is 19.8 Å². The Balaban J connectivity index is 1.75. The van der Waals surface area contributed by atoms with Gasteiger partial charge < -0.3 is 4.90 Å². The molecule has 0 atom stereocenters. The molecule has 7 heteroatoms. The number of aryl methyl sites for hydroxylation is 1. The number of nitrogens with zero attached hydrogens (tertiary/aromatic N) is 4. The molecule has 1 aromatic heterocycles. The number of aromatic nitrogens is 3. The average molecular weight is 299 g/mol. The molecule has 0 saturated carbocycles. The van der Waals surface area contributed by atoms with Crippen molar-refractivity contribution in [3.8, 4) is 5.69 Å². The van der Waals surface area contributed by atoms with Gasteiger partial charge in [-0.25, -0.2) is 4.79 Å². The van der Waals surface area contributed by atoms with Crippen molar-refractivity contribution in [1.29, 1.82) is 0 Å². The zero-order chi connectivity index (χ0) is 15.5. The molecular weight excluding hydrogens is 282 g/mol. The minimum Gasteiger partial charge on any atom is -0.324 e. The lowest BCUT2D eigenvalue weighted by atomic mass is 10.3. The summed E-state index contributed by atoms with van der Waals surface area (Å²) in [5.41, 5.74) is 1.41. The zero-order valence-electron chi connectivity index (χ0n) is 12.3. The van der Waals surface area contributed by atoms with Gasteiger partial charge in [-0.2, -0.15) is 9.90 Å². The lowest BCUT2D eigenvalue weighted by Crippen LogP contribution is -2.41. The molecule has 2 aromatic rings. The highest BCUT2D eigenvalue weighted by Gasteiger charge is 2.23. The minimum absolute atomic E-state index is 0.163. The van der Waals surface area contributed by atoms with Crippen LogP contribution in [0.4, 0.5) is 4.79 Å². The number of urea groups is 1. The number of hydrogen-bond donors (Lipinski definition) is 1. The summed E-state index contributed by atoms with van der Waals surface area (Å²) in [7, 11) is 0. The largest absolute Gasteiger partial charge is 0.324 e. The maximum atomic E-state index is 12.2. The Morgan fingerprint density at radius 2 is 1.77 bits per heavy atom. The number of amides is 3. The van der Waals surface area contributed by atoms with E-state index in [2.05, 4.69) is 15.5 Å². The number of likely N-dealkylation sites (tertiary alicyclic amines) is 1. The van der Waals surface area contributed by atoms with Crippen LogP contribution in [0.15, 0.2) is 30.3 Å². The van der Waals surface area contributed by atoms with Gasteiger partial charge in [0.2, 0.25) is 0 Å². The van der Waals surface area contributed by atoms with Gasteiger partial charge >= 0.3 is 6.03 Å². The van der Waals surface area contributed by atoms with Crippen LogP contribution in [0.2, 0.25) is 0 Å². The van der Waals surface area contributed by atoms with E-state index in [-0.39, 0.29) is 11.7 Å². The Morgan fingerprint density at radius 1 is 1.09 bits per heavy atom. The van der Waals surface area contributed by atoms with Crippen molar-refractivity contribution >= 4 is 11.9 Å². The van der Waals surface area contributed by atoms with Gasteiger partial charge in [0.05, 0.1) is 11.4 Å². The maximum Gasteiger partial charge on any atom is 0.324 e.